The third-order valence-corrected chi connectivity index (χ3v) is 2.52. The number of hydrogen-bond acceptors (Lipinski definition) is 3. The fourth-order valence-corrected chi connectivity index (χ4v) is 1.66. The first-order valence-corrected chi connectivity index (χ1v) is 4.98. The van der Waals surface area contributed by atoms with Crippen molar-refractivity contribution in [2.45, 2.75) is 32.0 Å². The van der Waals surface area contributed by atoms with Crippen LogP contribution in [0.15, 0.2) is 18.3 Å². The van der Waals surface area contributed by atoms with Gasteiger partial charge in [-0.3, -0.25) is 4.98 Å². The number of aromatic nitrogens is 1. The van der Waals surface area contributed by atoms with Crippen LogP contribution < -0.4 is 0 Å². The summed E-state index contributed by atoms with van der Waals surface area (Å²) in [5.74, 6) is 0. The lowest BCUT2D eigenvalue weighted by molar-refractivity contribution is -0.0466. The van der Waals surface area contributed by atoms with Crippen LogP contribution in [-0.2, 0) is 4.74 Å². The maximum Gasteiger partial charge on any atom is 0.102 e. The zero-order valence-electron chi connectivity index (χ0n) is 8.31. The number of nitrogens with zero attached hydrogens (tertiary/aromatic N) is 1. The fraction of sp³-hybridized carbons (Fsp3) is 0.545. The van der Waals surface area contributed by atoms with Gasteiger partial charge in [0.1, 0.15) is 6.10 Å². The molecule has 1 fully saturated rings. The van der Waals surface area contributed by atoms with Gasteiger partial charge in [-0.05, 0) is 25.0 Å². The third kappa shape index (κ3) is 2.11. The van der Waals surface area contributed by atoms with Crippen LogP contribution >= 0.6 is 0 Å². The second kappa shape index (κ2) is 4.07. The van der Waals surface area contributed by atoms with Gasteiger partial charge >= 0.3 is 0 Å². The Balaban J connectivity index is 2.10. The van der Waals surface area contributed by atoms with Crippen molar-refractivity contribution in [3.63, 3.8) is 0 Å². The van der Waals surface area contributed by atoms with E-state index < -0.39 is 0 Å². The minimum absolute atomic E-state index is 0.0284. The van der Waals surface area contributed by atoms with Gasteiger partial charge in [0.15, 0.2) is 0 Å². The Hall–Kier alpha value is -0.930. The Kier molecular flexibility index (Phi) is 2.79. The first-order valence-electron chi connectivity index (χ1n) is 4.98. The minimum atomic E-state index is -0.239. The summed E-state index contributed by atoms with van der Waals surface area (Å²) in [6, 6.07) is 3.99. The summed E-state index contributed by atoms with van der Waals surface area (Å²) in [5.41, 5.74) is 2.07. The molecule has 2 heterocycles. The van der Waals surface area contributed by atoms with Crippen LogP contribution in [0, 0.1) is 6.92 Å². The first-order chi connectivity index (χ1) is 6.75. The zero-order chi connectivity index (χ0) is 9.97. The van der Waals surface area contributed by atoms with Crippen molar-refractivity contribution in [3.8, 4) is 0 Å². The summed E-state index contributed by atoms with van der Waals surface area (Å²) < 4.78 is 5.55. The summed E-state index contributed by atoms with van der Waals surface area (Å²) in [6.45, 7) is 2.63. The summed E-state index contributed by atoms with van der Waals surface area (Å²) in [7, 11) is 0. The standard InChI is InChI=1S/C11H15NO2/c1-8-2-3-10(12-7-8)11-6-9(13)4-5-14-11/h2-3,7,9,11,13H,4-6H2,1H3. The van der Waals surface area contributed by atoms with E-state index in [-0.39, 0.29) is 12.2 Å². The number of hydrogen-bond donors (Lipinski definition) is 1. The molecule has 0 amide bonds. The highest BCUT2D eigenvalue weighted by Gasteiger charge is 2.22. The van der Waals surface area contributed by atoms with E-state index in [0.717, 1.165) is 17.7 Å². The fourth-order valence-electron chi connectivity index (χ4n) is 1.66. The molecule has 1 N–H and O–H groups in total. The van der Waals surface area contributed by atoms with Crippen LogP contribution in [0.25, 0.3) is 0 Å². The van der Waals surface area contributed by atoms with Crippen LogP contribution in [0.3, 0.4) is 0 Å². The molecule has 0 radical (unpaired) electrons. The van der Waals surface area contributed by atoms with Crippen molar-refractivity contribution < 1.29 is 9.84 Å². The van der Waals surface area contributed by atoms with Crippen molar-refractivity contribution in [2.24, 2.45) is 0 Å². The molecule has 0 aliphatic carbocycles. The molecule has 0 aromatic carbocycles. The van der Waals surface area contributed by atoms with Gasteiger partial charge in [0, 0.05) is 19.2 Å². The normalized spacial score (nSPS) is 27.6. The van der Waals surface area contributed by atoms with Crippen molar-refractivity contribution in [1.82, 2.24) is 4.98 Å². The van der Waals surface area contributed by atoms with E-state index in [4.69, 9.17) is 4.74 Å². The highest BCUT2D eigenvalue weighted by molar-refractivity contribution is 5.14. The van der Waals surface area contributed by atoms with E-state index in [9.17, 15) is 5.11 Å². The van der Waals surface area contributed by atoms with Gasteiger partial charge < -0.3 is 9.84 Å². The van der Waals surface area contributed by atoms with Crippen LogP contribution in [0.5, 0.6) is 0 Å². The van der Waals surface area contributed by atoms with E-state index in [1.54, 1.807) is 0 Å². The minimum Gasteiger partial charge on any atom is -0.393 e. The number of aliphatic hydroxyl groups excluding tert-OH is 1. The average Bonchev–Trinajstić information content (AvgIpc) is 2.19. The second-order valence-corrected chi connectivity index (χ2v) is 3.80. The topological polar surface area (TPSA) is 42.4 Å². The van der Waals surface area contributed by atoms with Crippen molar-refractivity contribution >= 4 is 0 Å². The van der Waals surface area contributed by atoms with Crippen LogP contribution in [0.4, 0.5) is 0 Å². The van der Waals surface area contributed by atoms with Crippen LogP contribution in [-0.4, -0.2) is 22.8 Å². The molecule has 3 heteroatoms. The molecule has 2 rings (SSSR count). The van der Waals surface area contributed by atoms with Crippen molar-refractivity contribution in [3.05, 3.63) is 29.6 Å². The quantitative estimate of drug-likeness (QED) is 0.736. The van der Waals surface area contributed by atoms with Gasteiger partial charge in [0.05, 0.1) is 11.8 Å². The number of aryl methyl sites for hydroxylation is 1. The molecule has 1 aromatic heterocycles. The van der Waals surface area contributed by atoms with Gasteiger partial charge in [0.25, 0.3) is 0 Å². The van der Waals surface area contributed by atoms with E-state index in [1.807, 2.05) is 25.3 Å². The maximum atomic E-state index is 9.49. The molecule has 1 aliphatic heterocycles. The monoisotopic (exact) mass is 193 g/mol. The number of ether oxygens (including phenoxy) is 1. The van der Waals surface area contributed by atoms with E-state index in [1.165, 1.54) is 0 Å². The lowest BCUT2D eigenvalue weighted by atomic mass is 10.0. The molecule has 1 saturated heterocycles. The highest BCUT2D eigenvalue weighted by atomic mass is 16.5. The van der Waals surface area contributed by atoms with E-state index in [2.05, 4.69) is 4.98 Å². The smallest absolute Gasteiger partial charge is 0.102 e. The molecule has 2 atom stereocenters. The molecule has 76 valence electrons. The second-order valence-electron chi connectivity index (χ2n) is 3.80. The molecule has 0 spiro atoms. The molecule has 0 saturated carbocycles. The summed E-state index contributed by atoms with van der Waals surface area (Å²) in [5, 5.41) is 9.49. The molecule has 14 heavy (non-hydrogen) atoms. The Morgan fingerprint density at radius 1 is 1.50 bits per heavy atom. The van der Waals surface area contributed by atoms with Gasteiger partial charge in [-0.1, -0.05) is 6.07 Å². The van der Waals surface area contributed by atoms with Gasteiger partial charge in [-0.15, -0.1) is 0 Å². The summed E-state index contributed by atoms with van der Waals surface area (Å²) in [4.78, 5) is 4.30. The van der Waals surface area contributed by atoms with Crippen molar-refractivity contribution in [1.29, 1.82) is 0 Å². The molecular formula is C11H15NO2. The highest BCUT2D eigenvalue weighted by Crippen LogP contribution is 2.26. The molecule has 1 aromatic rings. The molecule has 3 nitrogen and oxygen atoms in total. The number of pyridine rings is 1. The largest absolute Gasteiger partial charge is 0.393 e. The molecule has 0 bridgehead atoms. The third-order valence-electron chi connectivity index (χ3n) is 2.52. The van der Waals surface area contributed by atoms with E-state index >= 15 is 0 Å². The zero-order valence-corrected chi connectivity index (χ0v) is 8.31. The first kappa shape index (κ1) is 9.62. The van der Waals surface area contributed by atoms with Gasteiger partial charge in [-0.25, -0.2) is 0 Å². The predicted molar refractivity (Wildman–Crippen MR) is 52.9 cm³/mol. The lowest BCUT2D eigenvalue weighted by Gasteiger charge is -2.25. The van der Waals surface area contributed by atoms with E-state index in [0.29, 0.717) is 13.0 Å². The molecular weight excluding hydrogens is 178 g/mol. The number of rotatable bonds is 1. The number of aliphatic hydroxyl groups is 1. The average molecular weight is 193 g/mol. The Morgan fingerprint density at radius 3 is 3.00 bits per heavy atom. The summed E-state index contributed by atoms with van der Waals surface area (Å²) >= 11 is 0. The lowest BCUT2D eigenvalue weighted by Crippen LogP contribution is -2.23. The predicted octanol–water partition coefficient (Wildman–Crippen LogP) is 1.60. The Bertz CT molecular complexity index is 297. The molecule has 1 aliphatic rings. The Labute approximate surface area is 83.7 Å². The van der Waals surface area contributed by atoms with Crippen molar-refractivity contribution in [2.75, 3.05) is 6.61 Å². The van der Waals surface area contributed by atoms with Gasteiger partial charge in [-0.2, -0.15) is 0 Å². The Morgan fingerprint density at radius 2 is 2.36 bits per heavy atom. The molecule has 2 unspecified atom stereocenters. The van der Waals surface area contributed by atoms with Crippen LogP contribution in [0.2, 0.25) is 0 Å². The summed E-state index contributed by atoms with van der Waals surface area (Å²) in [6.07, 6.45) is 2.97. The van der Waals surface area contributed by atoms with Crippen LogP contribution in [0.1, 0.15) is 30.2 Å². The van der Waals surface area contributed by atoms with Gasteiger partial charge in [0.2, 0.25) is 0 Å². The SMILES string of the molecule is Cc1ccc(C2CC(O)CCO2)nc1. The maximum absolute atomic E-state index is 9.49.